The van der Waals surface area contributed by atoms with Gasteiger partial charge in [-0.3, -0.25) is 29.3 Å². The molecule has 17 heteroatoms. The number of nitrogens with two attached hydrogens (primary N) is 1. The Morgan fingerprint density at radius 1 is 0.985 bits per heavy atom. The van der Waals surface area contributed by atoms with Crippen molar-refractivity contribution in [1.82, 2.24) is 25.3 Å². The number of benzene rings is 4. The van der Waals surface area contributed by atoms with E-state index < -0.39 is 35.1 Å². The monoisotopic (exact) mass is 909 g/mol. The topological polar surface area (TPSA) is 170 Å². The average molecular weight is 910 g/mol. The Kier molecular flexibility index (Phi) is 11.9. The van der Waals surface area contributed by atoms with Gasteiger partial charge in [-0.1, -0.05) is 48.9 Å². The van der Waals surface area contributed by atoms with E-state index in [0.29, 0.717) is 62.4 Å². The summed E-state index contributed by atoms with van der Waals surface area (Å²) >= 11 is 6.68. The molecule has 5 amide bonds. The maximum atomic E-state index is 16.2. The summed E-state index contributed by atoms with van der Waals surface area (Å²) < 4.78 is 52.1. The molecule has 2 saturated heterocycles. The van der Waals surface area contributed by atoms with Crippen molar-refractivity contribution < 1.29 is 42.2 Å². The van der Waals surface area contributed by atoms with Gasteiger partial charge in [0.2, 0.25) is 17.7 Å². The molecule has 2 atom stereocenters. The van der Waals surface area contributed by atoms with Gasteiger partial charge in [0, 0.05) is 91.7 Å². The number of carbonyl (C=O) groups excluding carboxylic acids is 4. The molecule has 0 radical (unpaired) electrons. The predicted octanol–water partition coefficient (Wildman–Crippen LogP) is 7.34. The third-order valence-corrected chi connectivity index (χ3v) is 14.0. The van der Waals surface area contributed by atoms with Gasteiger partial charge in [0.05, 0.1) is 29.3 Å². The molecule has 4 aromatic carbocycles. The van der Waals surface area contributed by atoms with Gasteiger partial charge in [-0.25, -0.2) is 13.6 Å². The number of fused-ring (bicyclic) bond motifs is 2. The number of anilines is 1. The first-order chi connectivity index (χ1) is 31.3. The second kappa shape index (κ2) is 17.6. The van der Waals surface area contributed by atoms with Crippen molar-refractivity contribution in [2.75, 3.05) is 38.2 Å². The summed E-state index contributed by atoms with van der Waals surface area (Å²) in [5, 5.41) is 11.0. The van der Waals surface area contributed by atoms with E-state index >= 15 is 8.78 Å². The number of aromatic nitrogens is 2. The Balaban J connectivity index is 0.840. The number of imide groups is 1. The lowest BCUT2D eigenvalue weighted by molar-refractivity contribution is -0.138. The van der Waals surface area contributed by atoms with Crippen LogP contribution in [0, 0.1) is 17.6 Å². The zero-order valence-corrected chi connectivity index (χ0v) is 37.1. The van der Waals surface area contributed by atoms with Crippen molar-refractivity contribution in [3.05, 3.63) is 100 Å². The van der Waals surface area contributed by atoms with E-state index in [1.807, 2.05) is 60.4 Å². The lowest BCUT2D eigenvalue weighted by Crippen LogP contribution is -2.51. The molecule has 3 fully saturated rings. The molecule has 4 aliphatic rings. The zero-order chi connectivity index (χ0) is 45.7. The number of halogens is 3. The number of amides is 5. The molecule has 65 heavy (non-hydrogen) atoms. The Bertz CT molecular complexity index is 2700. The number of hydrogen-bond acceptors (Lipinski definition) is 9. The Labute approximate surface area is 379 Å². The molecule has 0 bridgehead atoms. The summed E-state index contributed by atoms with van der Waals surface area (Å²) in [6, 6.07) is 18.6. The van der Waals surface area contributed by atoms with Crippen molar-refractivity contribution in [2.24, 2.45) is 18.7 Å². The third-order valence-electron chi connectivity index (χ3n) is 13.6. The molecule has 1 aromatic heterocycles. The molecular formula is C48H50ClF2N7O7. The lowest BCUT2D eigenvalue weighted by Gasteiger charge is -2.39. The van der Waals surface area contributed by atoms with Crippen LogP contribution in [0.1, 0.15) is 79.3 Å². The smallest absolute Gasteiger partial charge is 0.329 e. The van der Waals surface area contributed by atoms with Crippen molar-refractivity contribution in [2.45, 2.75) is 75.5 Å². The van der Waals surface area contributed by atoms with Gasteiger partial charge in [0.15, 0.2) is 23.0 Å². The fourth-order valence-corrected chi connectivity index (χ4v) is 10.4. The molecule has 14 nitrogen and oxygen atoms in total. The fraction of sp³-hybridized carbons (Fsp3) is 0.396. The van der Waals surface area contributed by atoms with E-state index in [1.165, 1.54) is 30.2 Å². The highest BCUT2D eigenvalue weighted by molar-refractivity contribution is 6.34. The summed E-state index contributed by atoms with van der Waals surface area (Å²) in [6.45, 7) is 3.64. The highest BCUT2D eigenvalue weighted by Gasteiger charge is 2.50. The summed E-state index contributed by atoms with van der Waals surface area (Å²) in [5.41, 5.74) is 6.23. The van der Waals surface area contributed by atoms with E-state index in [1.54, 1.807) is 11.7 Å². The highest BCUT2D eigenvalue weighted by Crippen LogP contribution is 2.56. The molecule has 340 valence electrons. The van der Waals surface area contributed by atoms with Crippen molar-refractivity contribution in [3.63, 3.8) is 0 Å². The predicted molar refractivity (Wildman–Crippen MR) is 239 cm³/mol. The van der Waals surface area contributed by atoms with Crippen LogP contribution in [0.2, 0.25) is 5.02 Å². The van der Waals surface area contributed by atoms with Crippen LogP contribution in [-0.2, 0) is 22.2 Å². The Morgan fingerprint density at radius 3 is 2.42 bits per heavy atom. The van der Waals surface area contributed by atoms with Crippen LogP contribution < -0.4 is 35.5 Å². The number of aryl methyl sites for hydroxylation is 1. The minimum atomic E-state index is -1.09. The number of rotatable bonds is 11. The highest BCUT2D eigenvalue weighted by atomic mass is 35.5. The number of ether oxygens (including phenoxy) is 3. The molecule has 0 unspecified atom stereocenters. The number of nitrogens with zero attached hydrogens (tertiary/aromatic N) is 4. The van der Waals surface area contributed by atoms with E-state index in [-0.39, 0.29) is 76.1 Å². The molecular weight excluding hydrogens is 860 g/mol. The molecule has 1 aliphatic carbocycles. The van der Waals surface area contributed by atoms with Crippen LogP contribution >= 0.6 is 11.6 Å². The lowest BCUT2D eigenvalue weighted by atomic mass is 9.77. The molecule has 5 aromatic rings. The van der Waals surface area contributed by atoms with Crippen molar-refractivity contribution in [3.8, 4) is 28.4 Å². The number of likely N-dealkylation sites (tertiary alicyclic amines) is 1. The SMILES string of the molecule is COc1ccc(C(N)=O)c(-c2c(Cl)c(F)cc3c2[C@H](C)[C@@](CNC2CCN(C(=O)C4CCC(Oc5ccc6c(N7CCC(=O)NC7=O)nn(C)c6c5)CC4)CC2)(c2ccccc2)O3)c1F. The number of nitrogens with one attached hydrogen (secondary N) is 2. The number of urea groups is 1. The number of carbonyl (C=O) groups is 4. The maximum absolute atomic E-state index is 16.2. The molecule has 1 saturated carbocycles. The average Bonchev–Trinajstić information content (AvgIpc) is 3.78. The van der Waals surface area contributed by atoms with Crippen LogP contribution in [0.3, 0.4) is 0 Å². The van der Waals surface area contributed by atoms with E-state index in [9.17, 15) is 19.2 Å². The van der Waals surface area contributed by atoms with Crippen LogP contribution in [-0.4, -0.2) is 83.9 Å². The van der Waals surface area contributed by atoms with Crippen LogP contribution in [0.15, 0.2) is 66.7 Å². The standard InChI is InChI=1S/C48H50ClF2N7O7/c1-26-39-37(24-34(50)42(49)41(39)40-33(44(52)60)15-16-36(63-3)43(40)51)65-48(26,28-7-5-4-6-8-28)25-53-29-17-20-57(21-18-29)46(61)27-9-11-30(12-10-27)64-31-13-14-32-35(23-31)56(2)55-45(32)58-22-19-38(59)54-47(58)62/h4-8,13-16,23-24,26-27,29-30,53H,9-12,17-22,25H2,1-3H3,(H2,52,60)(H,54,59,62)/t26-,27?,30?,48-/m0/s1. The van der Waals surface area contributed by atoms with E-state index in [2.05, 4.69) is 15.7 Å². The number of methoxy groups -OCH3 is 1. The summed E-state index contributed by atoms with van der Waals surface area (Å²) in [5.74, 6) is -2.23. The van der Waals surface area contributed by atoms with Crippen LogP contribution in [0.5, 0.6) is 17.2 Å². The quantitative estimate of drug-likeness (QED) is 0.123. The molecule has 4 N–H and O–H groups in total. The normalized spacial score (nSPS) is 22.4. The summed E-state index contributed by atoms with van der Waals surface area (Å²) in [6.07, 6.45) is 4.46. The Morgan fingerprint density at radius 2 is 1.72 bits per heavy atom. The van der Waals surface area contributed by atoms with Gasteiger partial charge < -0.3 is 30.2 Å². The van der Waals surface area contributed by atoms with Crippen LogP contribution in [0.25, 0.3) is 22.0 Å². The first-order valence-electron chi connectivity index (χ1n) is 22.0. The fourth-order valence-electron chi connectivity index (χ4n) is 10.1. The number of piperidine rings is 1. The number of primary amides is 1. The minimum absolute atomic E-state index is 0.0172. The van der Waals surface area contributed by atoms with Crippen molar-refractivity contribution in [1.29, 1.82) is 0 Å². The molecule has 0 spiro atoms. The van der Waals surface area contributed by atoms with Gasteiger partial charge in [-0.05, 0) is 68.4 Å². The van der Waals surface area contributed by atoms with Gasteiger partial charge >= 0.3 is 6.03 Å². The molecule has 9 rings (SSSR count). The van der Waals surface area contributed by atoms with Gasteiger partial charge in [0.25, 0.3) is 0 Å². The van der Waals surface area contributed by atoms with E-state index in [4.69, 9.17) is 31.5 Å². The van der Waals surface area contributed by atoms with Gasteiger partial charge in [0.1, 0.15) is 17.3 Å². The largest absolute Gasteiger partial charge is 0.494 e. The van der Waals surface area contributed by atoms with Gasteiger partial charge in [-0.15, -0.1) is 0 Å². The summed E-state index contributed by atoms with van der Waals surface area (Å²) in [4.78, 5) is 54.1. The summed E-state index contributed by atoms with van der Waals surface area (Å²) in [7, 11) is 3.09. The number of hydrogen-bond donors (Lipinski definition) is 3. The Hall–Kier alpha value is -6.26. The van der Waals surface area contributed by atoms with Crippen molar-refractivity contribution >= 4 is 52.1 Å². The first kappa shape index (κ1) is 44.0. The third kappa shape index (κ3) is 8.00. The van der Waals surface area contributed by atoms with Crippen LogP contribution in [0.4, 0.5) is 19.4 Å². The maximum Gasteiger partial charge on any atom is 0.329 e. The second-order valence-electron chi connectivity index (χ2n) is 17.4. The molecule has 4 heterocycles. The minimum Gasteiger partial charge on any atom is -0.494 e. The molecule has 3 aliphatic heterocycles. The van der Waals surface area contributed by atoms with E-state index in [0.717, 1.165) is 29.3 Å². The second-order valence-corrected chi connectivity index (χ2v) is 17.7. The zero-order valence-electron chi connectivity index (χ0n) is 36.3. The van der Waals surface area contributed by atoms with Gasteiger partial charge in [-0.2, -0.15) is 5.10 Å². The first-order valence-corrected chi connectivity index (χ1v) is 22.4.